The standard InChI is InChI=1S/C32H37N7O6S.ClH/c33-25-11-5-3-1-2-4-8-19-15-32(19,31(42)38-46(43,44)21-12-13-21)37-28(40)26-14-20(17-39(26)30(25)41)45-29-23-10-7-6-9-22(23)24-16-34-18-35-27(24)36-29;/h4,6-10,16,18-21,25-26H,1-3,5,11-15,17,33H2,(H,37,40)(H,38,42);1H/t19-,20-,25+,26+,32-;/m1./s1. The normalized spacial score (nSPS) is 28.3. The van der Waals surface area contributed by atoms with Gasteiger partial charge in [0.2, 0.25) is 27.7 Å². The average molecular weight is 684 g/mol. The van der Waals surface area contributed by atoms with E-state index < -0.39 is 50.8 Å². The zero-order valence-corrected chi connectivity index (χ0v) is 27.3. The smallest absolute Gasteiger partial charge is 0.259 e. The van der Waals surface area contributed by atoms with Gasteiger partial charge in [0.1, 0.15) is 24.0 Å². The van der Waals surface area contributed by atoms with Crippen LogP contribution in [0, 0.1) is 5.92 Å². The molecule has 2 aliphatic carbocycles. The van der Waals surface area contributed by atoms with Gasteiger partial charge in [0.15, 0.2) is 5.65 Å². The SMILES string of the molecule is Cl.N[C@H]1CCCCCC=C[C@@H]2C[C@@]2(C(=O)NS(=O)(=O)C2CC2)NC(=O)[C@@H]2C[C@@H](Oc3nc4ncncc4c4ccccc34)CN2C1=O. The lowest BCUT2D eigenvalue weighted by atomic mass is 10.1. The summed E-state index contributed by atoms with van der Waals surface area (Å²) in [6, 6.07) is 5.79. The molecule has 5 atom stereocenters. The number of halogens is 1. The maximum absolute atomic E-state index is 14.0. The van der Waals surface area contributed by atoms with E-state index >= 15 is 0 Å². The van der Waals surface area contributed by atoms with Crippen LogP contribution in [0.25, 0.3) is 21.8 Å². The Morgan fingerprint density at radius 1 is 1.09 bits per heavy atom. The first-order chi connectivity index (χ1) is 22.2. The summed E-state index contributed by atoms with van der Waals surface area (Å²) in [5, 5.41) is 4.65. The predicted octanol–water partition coefficient (Wildman–Crippen LogP) is 2.28. The highest BCUT2D eigenvalue weighted by molar-refractivity contribution is 7.91. The Kier molecular flexibility index (Phi) is 9.11. The molecule has 15 heteroatoms. The second-order valence-corrected chi connectivity index (χ2v) is 14.8. The third-order valence-corrected chi connectivity index (χ3v) is 11.3. The summed E-state index contributed by atoms with van der Waals surface area (Å²) in [6.45, 7) is 0.0844. The molecule has 0 unspecified atom stereocenters. The third kappa shape index (κ3) is 6.50. The van der Waals surface area contributed by atoms with Gasteiger partial charge >= 0.3 is 0 Å². The van der Waals surface area contributed by atoms with Gasteiger partial charge in [-0.2, -0.15) is 4.98 Å². The van der Waals surface area contributed by atoms with Crippen molar-refractivity contribution in [2.24, 2.45) is 11.7 Å². The number of sulfonamides is 1. The van der Waals surface area contributed by atoms with Crippen LogP contribution < -0.4 is 20.5 Å². The van der Waals surface area contributed by atoms with E-state index in [2.05, 4.69) is 25.0 Å². The first-order valence-corrected chi connectivity index (χ1v) is 17.5. The first-order valence-electron chi connectivity index (χ1n) is 15.9. The molecule has 2 aromatic heterocycles. The first kappa shape index (κ1) is 33.0. The highest BCUT2D eigenvalue weighted by atomic mass is 35.5. The molecule has 3 amide bonds. The number of carbonyl (C=O) groups is 3. The molecular formula is C32H38ClN7O6S. The number of hydrogen-bond acceptors (Lipinski definition) is 10. The Labute approximate surface area is 278 Å². The minimum absolute atomic E-state index is 0. The monoisotopic (exact) mass is 683 g/mol. The summed E-state index contributed by atoms with van der Waals surface area (Å²) >= 11 is 0. The van der Waals surface area contributed by atoms with Gasteiger partial charge in [0.25, 0.3) is 5.91 Å². The highest BCUT2D eigenvalue weighted by Gasteiger charge is 2.62. The Hall–Kier alpha value is -3.88. The molecule has 0 bridgehead atoms. The molecule has 1 aromatic carbocycles. The number of nitrogens with two attached hydrogens (primary N) is 1. The molecule has 4 N–H and O–H groups in total. The number of hydrogen-bond donors (Lipinski definition) is 3. The van der Waals surface area contributed by atoms with Gasteiger partial charge in [-0.15, -0.1) is 12.4 Å². The van der Waals surface area contributed by atoms with Crippen molar-refractivity contribution >= 4 is 62.0 Å². The van der Waals surface area contributed by atoms with E-state index in [0.29, 0.717) is 30.8 Å². The topological polar surface area (TPSA) is 187 Å². The second-order valence-electron chi connectivity index (χ2n) is 12.8. The number of allylic oxidation sites excluding steroid dienone is 1. The number of pyridine rings is 1. The number of amides is 3. The maximum Gasteiger partial charge on any atom is 0.259 e. The van der Waals surface area contributed by atoms with Gasteiger partial charge in [0.05, 0.1) is 17.8 Å². The molecule has 1 saturated heterocycles. The summed E-state index contributed by atoms with van der Waals surface area (Å²) in [5.41, 5.74) is 5.40. The molecular weight excluding hydrogens is 646 g/mol. The number of aromatic nitrogens is 3. The van der Waals surface area contributed by atoms with Gasteiger partial charge < -0.3 is 20.7 Å². The third-order valence-electron chi connectivity index (χ3n) is 9.51. The van der Waals surface area contributed by atoms with Crippen molar-refractivity contribution in [1.82, 2.24) is 29.9 Å². The lowest BCUT2D eigenvalue weighted by Crippen LogP contribution is -2.57. The van der Waals surface area contributed by atoms with Crippen LogP contribution >= 0.6 is 12.4 Å². The Morgan fingerprint density at radius 2 is 1.87 bits per heavy atom. The van der Waals surface area contributed by atoms with Crippen LogP contribution in [0.5, 0.6) is 5.88 Å². The summed E-state index contributed by atoms with van der Waals surface area (Å²) < 4.78 is 34.0. The predicted molar refractivity (Wildman–Crippen MR) is 176 cm³/mol. The number of carbonyl (C=O) groups excluding carboxylic acids is 3. The van der Waals surface area contributed by atoms with Crippen molar-refractivity contribution in [3.8, 4) is 5.88 Å². The summed E-state index contributed by atoms with van der Waals surface area (Å²) in [6.07, 6.45) is 11.5. The number of fused-ring (bicyclic) bond motifs is 5. The molecule has 2 saturated carbocycles. The van der Waals surface area contributed by atoms with Crippen LogP contribution in [0.3, 0.4) is 0 Å². The Bertz CT molecular complexity index is 1850. The quantitative estimate of drug-likeness (QED) is 0.266. The number of benzene rings is 1. The largest absolute Gasteiger partial charge is 0.472 e. The fourth-order valence-electron chi connectivity index (χ4n) is 6.65. The zero-order valence-electron chi connectivity index (χ0n) is 25.7. The zero-order chi connectivity index (χ0) is 32.1. The minimum atomic E-state index is -3.83. The molecule has 3 fully saturated rings. The Morgan fingerprint density at radius 3 is 2.66 bits per heavy atom. The number of ether oxygens (including phenoxy) is 1. The van der Waals surface area contributed by atoms with E-state index in [9.17, 15) is 22.8 Å². The van der Waals surface area contributed by atoms with E-state index in [1.165, 1.54) is 11.2 Å². The van der Waals surface area contributed by atoms with Crippen LogP contribution in [0.1, 0.15) is 57.8 Å². The van der Waals surface area contributed by atoms with Crippen LogP contribution in [0.4, 0.5) is 0 Å². The second kappa shape index (κ2) is 13.0. The molecule has 250 valence electrons. The maximum atomic E-state index is 14.0. The fraction of sp³-hybridized carbons (Fsp3) is 0.500. The summed E-state index contributed by atoms with van der Waals surface area (Å²) in [7, 11) is -3.83. The van der Waals surface area contributed by atoms with Gasteiger partial charge in [-0.3, -0.25) is 19.1 Å². The van der Waals surface area contributed by atoms with E-state index in [0.717, 1.165) is 41.8 Å². The van der Waals surface area contributed by atoms with Gasteiger partial charge in [-0.1, -0.05) is 43.2 Å². The van der Waals surface area contributed by atoms with Crippen molar-refractivity contribution in [3.63, 3.8) is 0 Å². The number of rotatable bonds is 5. The van der Waals surface area contributed by atoms with Crippen LogP contribution in [0.15, 0.2) is 48.9 Å². The summed E-state index contributed by atoms with van der Waals surface area (Å²) in [5.74, 6) is -1.72. The molecule has 4 heterocycles. The molecule has 13 nitrogen and oxygen atoms in total. The van der Waals surface area contributed by atoms with E-state index in [-0.39, 0.29) is 43.6 Å². The van der Waals surface area contributed by atoms with Crippen molar-refractivity contribution in [2.45, 2.75) is 86.8 Å². The van der Waals surface area contributed by atoms with Crippen molar-refractivity contribution < 1.29 is 27.5 Å². The average Bonchev–Trinajstić information content (AvgIpc) is 3.97. The van der Waals surface area contributed by atoms with Crippen molar-refractivity contribution in [3.05, 3.63) is 48.9 Å². The van der Waals surface area contributed by atoms with Gasteiger partial charge in [-0.25, -0.2) is 18.4 Å². The number of nitrogens with zero attached hydrogens (tertiary/aromatic N) is 4. The highest BCUT2D eigenvalue weighted by Crippen LogP contribution is 2.46. The van der Waals surface area contributed by atoms with E-state index in [4.69, 9.17) is 10.5 Å². The number of nitrogens with one attached hydrogen (secondary N) is 2. The van der Waals surface area contributed by atoms with E-state index in [1.54, 1.807) is 6.20 Å². The molecule has 7 rings (SSSR count). The van der Waals surface area contributed by atoms with Crippen LogP contribution in [-0.4, -0.2) is 81.5 Å². The van der Waals surface area contributed by atoms with E-state index in [1.807, 2.05) is 36.4 Å². The van der Waals surface area contributed by atoms with Crippen molar-refractivity contribution in [1.29, 1.82) is 0 Å². The van der Waals surface area contributed by atoms with Gasteiger partial charge in [-0.05, 0) is 50.0 Å². The van der Waals surface area contributed by atoms with Crippen LogP contribution in [-0.2, 0) is 24.4 Å². The fourth-order valence-corrected chi connectivity index (χ4v) is 8.02. The molecule has 4 aliphatic rings. The van der Waals surface area contributed by atoms with Crippen LogP contribution in [0.2, 0.25) is 0 Å². The van der Waals surface area contributed by atoms with Gasteiger partial charge in [0, 0.05) is 29.3 Å². The lowest BCUT2D eigenvalue weighted by Gasteiger charge is -2.28. The van der Waals surface area contributed by atoms with Crippen molar-refractivity contribution in [2.75, 3.05) is 6.54 Å². The minimum Gasteiger partial charge on any atom is -0.472 e. The molecule has 0 spiro atoms. The molecule has 47 heavy (non-hydrogen) atoms. The Balaban J connectivity index is 0.00000386. The summed E-state index contributed by atoms with van der Waals surface area (Å²) in [4.78, 5) is 55.8. The molecule has 2 aliphatic heterocycles. The lowest BCUT2D eigenvalue weighted by molar-refractivity contribution is -0.140. The molecule has 0 radical (unpaired) electrons. The molecule has 3 aromatic rings.